The zero-order valence-electron chi connectivity index (χ0n) is 48.9. The van der Waals surface area contributed by atoms with Crippen molar-refractivity contribution >= 4 is 0 Å². The van der Waals surface area contributed by atoms with Crippen LogP contribution in [0.1, 0.15) is 242 Å². The molecule has 1 heterocycles. The maximum atomic E-state index is 11.4. The summed E-state index contributed by atoms with van der Waals surface area (Å²) >= 11 is 0. The Labute approximate surface area is 460 Å². The van der Waals surface area contributed by atoms with Crippen LogP contribution in [0.25, 0.3) is 0 Å². The SMILES string of the molecule is CC(C)CC[C@H]1C=C(CCCO)C[C@@H]2c3ccc(O)cc3CC[C@@]12C.CC(C)CC[C@H]1C[C@@]2(CCCO2)C[C@@H]2c3ccc(O)cc3CC[C@@]12C.CC(C)CC[C@H]1C[C@](O)(CCCO)C[C@@H]2c3ccc(O)cc3CC[C@@]12C. The van der Waals surface area contributed by atoms with Gasteiger partial charge in [0.05, 0.1) is 11.2 Å². The molecule has 3 fully saturated rings. The highest BCUT2D eigenvalue weighted by Gasteiger charge is 2.56. The lowest BCUT2D eigenvalue weighted by Crippen LogP contribution is -2.50. The van der Waals surface area contributed by atoms with Crippen LogP contribution in [0, 0.1) is 51.8 Å². The zero-order valence-corrected chi connectivity index (χ0v) is 48.9. The normalized spacial score (nSPS) is 33.2. The molecule has 1 saturated heterocycles. The minimum absolute atomic E-state index is 0.123. The second kappa shape index (κ2) is 24.6. The molecule has 0 amide bonds. The van der Waals surface area contributed by atoms with Gasteiger partial charge in [-0.15, -0.1) is 0 Å². The average molecular weight is 1050 g/mol. The van der Waals surface area contributed by atoms with Crippen molar-refractivity contribution in [2.45, 2.75) is 239 Å². The zero-order chi connectivity index (χ0) is 54.6. The lowest BCUT2D eigenvalue weighted by atomic mass is 9.50. The van der Waals surface area contributed by atoms with E-state index in [4.69, 9.17) is 4.74 Å². The van der Waals surface area contributed by atoms with Gasteiger partial charge in [-0.05, 0) is 268 Å². The van der Waals surface area contributed by atoms with Gasteiger partial charge in [-0.1, -0.05) is 111 Å². The molecule has 10 rings (SSSR count). The highest BCUT2D eigenvalue weighted by molar-refractivity contribution is 5.44. The van der Waals surface area contributed by atoms with Crippen molar-refractivity contribution in [1.82, 2.24) is 0 Å². The predicted octanol–water partition coefficient (Wildman–Crippen LogP) is 16.2. The highest BCUT2D eigenvalue weighted by atomic mass is 16.5. The van der Waals surface area contributed by atoms with Gasteiger partial charge in [-0.25, -0.2) is 0 Å². The molecule has 3 aromatic rings. The van der Waals surface area contributed by atoms with Gasteiger partial charge in [0.2, 0.25) is 0 Å². The van der Waals surface area contributed by atoms with E-state index in [0.717, 1.165) is 82.1 Å². The Morgan fingerprint density at radius 3 is 1.51 bits per heavy atom. The fourth-order valence-electron chi connectivity index (χ4n) is 16.8. The summed E-state index contributed by atoms with van der Waals surface area (Å²) in [4.78, 5) is 0. The number of hydrogen-bond acceptors (Lipinski definition) is 7. The van der Waals surface area contributed by atoms with Crippen molar-refractivity contribution < 1.29 is 35.4 Å². The van der Waals surface area contributed by atoms with Gasteiger partial charge in [0, 0.05) is 19.8 Å². The summed E-state index contributed by atoms with van der Waals surface area (Å²) in [6.45, 7) is 22.7. The van der Waals surface area contributed by atoms with Crippen LogP contribution in [0.2, 0.25) is 0 Å². The summed E-state index contributed by atoms with van der Waals surface area (Å²) in [7, 11) is 0. The molecule has 0 aromatic heterocycles. The minimum Gasteiger partial charge on any atom is -0.508 e. The number of allylic oxidation sites excluding steroid dienone is 2. The summed E-state index contributed by atoms with van der Waals surface area (Å²) in [5.41, 5.74) is 10.1. The molecule has 0 unspecified atom stereocenters. The largest absolute Gasteiger partial charge is 0.508 e. The molecule has 7 heteroatoms. The lowest BCUT2D eigenvalue weighted by Gasteiger charge is -2.56. The number of rotatable bonds is 15. The van der Waals surface area contributed by atoms with Crippen LogP contribution in [0.3, 0.4) is 0 Å². The molecule has 1 aliphatic heterocycles. The third-order valence-corrected chi connectivity index (χ3v) is 21.6. The lowest BCUT2D eigenvalue weighted by molar-refractivity contribution is -0.0989. The van der Waals surface area contributed by atoms with E-state index in [2.05, 4.69) is 86.6 Å². The summed E-state index contributed by atoms with van der Waals surface area (Å²) < 4.78 is 6.40. The molecule has 7 nitrogen and oxygen atoms in total. The predicted molar refractivity (Wildman–Crippen MR) is 311 cm³/mol. The van der Waals surface area contributed by atoms with E-state index < -0.39 is 5.60 Å². The van der Waals surface area contributed by atoms with E-state index in [0.29, 0.717) is 76.4 Å². The van der Waals surface area contributed by atoms with Gasteiger partial charge in [0.1, 0.15) is 17.2 Å². The van der Waals surface area contributed by atoms with E-state index in [1.54, 1.807) is 6.07 Å². The highest BCUT2D eigenvalue weighted by Crippen LogP contribution is 2.64. The van der Waals surface area contributed by atoms with E-state index in [-0.39, 0.29) is 24.2 Å². The van der Waals surface area contributed by atoms with Crippen molar-refractivity contribution in [2.24, 2.45) is 51.8 Å². The first-order valence-electron chi connectivity index (χ1n) is 30.9. The van der Waals surface area contributed by atoms with Crippen LogP contribution < -0.4 is 0 Å². The van der Waals surface area contributed by atoms with Crippen LogP contribution in [0.4, 0.5) is 0 Å². The van der Waals surface area contributed by atoms with Gasteiger partial charge < -0.3 is 35.4 Å². The number of hydrogen-bond donors (Lipinski definition) is 6. The van der Waals surface area contributed by atoms with Crippen LogP contribution in [-0.2, 0) is 24.0 Å². The standard InChI is InChI=1S/C23H36O3.2C23H34O2/c1-16(2)5-6-18-14-23(26,10-4-12-24)15-21-20-8-7-19(25)13-17(20)9-11-22(18,21)3;1-16(2)5-6-18-14-23(10-4-12-25-23)15-21-20-8-7-19(24)13-17(20)9-11-22(18,21)3;1-16(2)6-7-19-13-17(5-4-12-24)14-22-21-9-8-20(25)15-18(21)10-11-23(19,22)3/h7-8,13,16,18,21,24-26H,4-6,9-12,14-15H2,1-3H3;7-8,13,16,18,21,24H,4-6,9-12,14-15H2,1-3H3;8-9,13,15-16,19,22,24-25H,4-7,10-12,14H2,1-3H3/t18-,21+,22-,23+;18-,21+,22-,23-;19-,22+,23-/m000/s1. The molecule has 0 radical (unpaired) electrons. The second-order valence-corrected chi connectivity index (χ2v) is 28.1. The van der Waals surface area contributed by atoms with E-state index in [1.807, 2.05) is 30.3 Å². The fraction of sp³-hybridized carbons (Fsp3) is 0.710. The van der Waals surface area contributed by atoms with Gasteiger partial charge in [-0.2, -0.15) is 0 Å². The number of ether oxygens (including phenoxy) is 1. The summed E-state index contributed by atoms with van der Waals surface area (Å²) in [5.74, 6) is 6.71. The average Bonchev–Trinajstić information content (AvgIpc) is 3.84. The van der Waals surface area contributed by atoms with Gasteiger partial charge in [0.15, 0.2) is 0 Å². The smallest absolute Gasteiger partial charge is 0.115 e. The van der Waals surface area contributed by atoms with Crippen molar-refractivity contribution in [1.29, 1.82) is 0 Å². The maximum absolute atomic E-state index is 11.4. The molecule has 76 heavy (non-hydrogen) atoms. The van der Waals surface area contributed by atoms with Gasteiger partial charge in [0.25, 0.3) is 0 Å². The van der Waals surface area contributed by atoms with Crippen LogP contribution >= 0.6 is 0 Å². The van der Waals surface area contributed by atoms with Crippen molar-refractivity contribution in [3.05, 3.63) is 99.6 Å². The molecule has 422 valence electrons. The monoisotopic (exact) mass is 1040 g/mol. The van der Waals surface area contributed by atoms with E-state index in [1.165, 1.54) is 116 Å². The molecule has 0 bridgehead atoms. The number of phenols is 3. The topological polar surface area (TPSA) is 131 Å². The van der Waals surface area contributed by atoms with E-state index in [9.17, 15) is 30.6 Å². The van der Waals surface area contributed by atoms with Gasteiger partial charge >= 0.3 is 0 Å². The van der Waals surface area contributed by atoms with Crippen molar-refractivity contribution in [2.75, 3.05) is 19.8 Å². The number of aliphatic hydroxyl groups is 3. The van der Waals surface area contributed by atoms with Crippen LogP contribution in [0.15, 0.2) is 66.2 Å². The van der Waals surface area contributed by atoms with Crippen molar-refractivity contribution in [3.63, 3.8) is 0 Å². The molecule has 11 atom stereocenters. The molecule has 2 saturated carbocycles. The quantitative estimate of drug-likeness (QED) is 0.0836. The molecule has 3 aromatic carbocycles. The molecule has 7 aliphatic rings. The van der Waals surface area contributed by atoms with Gasteiger partial charge in [-0.3, -0.25) is 0 Å². The number of aromatic hydroxyl groups is 3. The molecular formula is C69H104O7. The Hall–Kier alpha value is -3.36. The van der Waals surface area contributed by atoms with Crippen molar-refractivity contribution in [3.8, 4) is 17.2 Å². The Bertz CT molecular complexity index is 2410. The Balaban J connectivity index is 0.000000151. The summed E-state index contributed by atoms with van der Waals surface area (Å²) in [6, 6.07) is 17.9. The number of fused-ring (bicyclic) bond motifs is 9. The number of aryl methyl sites for hydroxylation is 3. The molecule has 6 N–H and O–H groups in total. The summed E-state index contributed by atoms with van der Waals surface area (Å²) in [5, 5.41) is 59.6. The summed E-state index contributed by atoms with van der Waals surface area (Å²) in [6.07, 6.45) is 27.9. The Kier molecular flexibility index (Phi) is 19.0. The number of phenolic OH excluding ortho intramolecular Hbond substituents is 3. The number of aliphatic hydroxyl groups excluding tert-OH is 2. The maximum Gasteiger partial charge on any atom is 0.115 e. The first-order valence-corrected chi connectivity index (χ1v) is 30.9. The third kappa shape index (κ3) is 13.0. The first kappa shape index (κ1) is 58.8. The van der Waals surface area contributed by atoms with E-state index >= 15 is 0 Å². The third-order valence-electron chi connectivity index (χ3n) is 21.6. The molecule has 1 spiro atoms. The Morgan fingerprint density at radius 2 is 1.03 bits per heavy atom. The fourth-order valence-corrected chi connectivity index (χ4v) is 16.8. The molecular weight excluding hydrogens is 941 g/mol. The minimum atomic E-state index is -0.680. The molecule has 6 aliphatic carbocycles. The number of benzene rings is 3. The Morgan fingerprint density at radius 1 is 0.553 bits per heavy atom. The second-order valence-electron chi connectivity index (χ2n) is 28.1. The van der Waals surface area contributed by atoms with Crippen LogP contribution in [0.5, 0.6) is 17.2 Å². The van der Waals surface area contributed by atoms with Crippen LogP contribution in [-0.4, -0.2) is 61.7 Å². The first-order chi connectivity index (χ1) is 36.1.